The molecule has 1 aromatic heterocycles. The number of amides is 1. The number of aliphatic hydroxyl groups is 1. The maximum absolute atomic E-state index is 12.4. The van der Waals surface area contributed by atoms with E-state index < -0.39 is 18.0 Å². The number of aliphatic carboxylic acids is 1. The van der Waals surface area contributed by atoms with E-state index in [1.54, 1.807) is 24.2 Å². The molecule has 4 heterocycles. The van der Waals surface area contributed by atoms with Crippen molar-refractivity contribution < 1.29 is 19.8 Å². The monoisotopic (exact) mass is 407 g/mol. The lowest BCUT2D eigenvalue weighted by Gasteiger charge is -2.44. The quantitative estimate of drug-likeness (QED) is 0.691. The number of rotatable bonds is 6. The highest BCUT2D eigenvalue weighted by Crippen LogP contribution is 2.55. The fourth-order valence-electron chi connectivity index (χ4n) is 3.76. The summed E-state index contributed by atoms with van der Waals surface area (Å²) in [7, 11) is 0. The molecule has 0 radical (unpaired) electrons. The maximum Gasteiger partial charge on any atom is 0.354 e. The van der Waals surface area contributed by atoms with Crippen LogP contribution in [0.1, 0.15) is 19.8 Å². The van der Waals surface area contributed by atoms with E-state index in [0.717, 1.165) is 25.2 Å². The first kappa shape index (κ1) is 18.6. The van der Waals surface area contributed by atoms with E-state index in [0.29, 0.717) is 10.7 Å². The number of carboxylic acids is 1. The molecular formula is C18H21N3O4S2. The number of hydrogen-bond acceptors (Lipinski definition) is 7. The number of nitrogens with zero attached hydrogens (tertiary/aromatic N) is 3. The van der Waals surface area contributed by atoms with Crippen LogP contribution in [-0.4, -0.2) is 61.8 Å². The largest absolute Gasteiger partial charge is 0.477 e. The lowest BCUT2D eigenvalue weighted by molar-refractivity contribution is -0.157. The summed E-state index contributed by atoms with van der Waals surface area (Å²) >= 11 is 2.96. The van der Waals surface area contributed by atoms with Crippen molar-refractivity contribution >= 4 is 41.1 Å². The molecule has 3 aliphatic heterocycles. The summed E-state index contributed by atoms with van der Waals surface area (Å²) in [5.41, 5.74) is 1.20. The van der Waals surface area contributed by atoms with Crippen molar-refractivity contribution in [2.75, 3.05) is 18.0 Å². The van der Waals surface area contributed by atoms with Crippen LogP contribution in [0.4, 0.5) is 5.69 Å². The van der Waals surface area contributed by atoms with Crippen LogP contribution in [0.5, 0.6) is 0 Å². The van der Waals surface area contributed by atoms with Crippen molar-refractivity contribution in [2.45, 2.75) is 36.5 Å². The van der Waals surface area contributed by atoms with Crippen molar-refractivity contribution in [3.05, 3.63) is 34.5 Å². The number of hydrogen-bond donors (Lipinski definition) is 2. The van der Waals surface area contributed by atoms with Crippen LogP contribution in [0.2, 0.25) is 0 Å². The average Bonchev–Trinajstić information content (AvgIpc) is 3.25. The summed E-state index contributed by atoms with van der Waals surface area (Å²) in [6.07, 6.45) is 4.24. The number of carbonyl (C=O) groups is 2. The third kappa shape index (κ3) is 3.21. The second-order valence-corrected chi connectivity index (χ2v) is 9.54. The number of aromatic nitrogens is 1. The second kappa shape index (κ2) is 7.37. The van der Waals surface area contributed by atoms with Gasteiger partial charge in [0.1, 0.15) is 5.37 Å². The van der Waals surface area contributed by atoms with E-state index in [9.17, 15) is 19.8 Å². The van der Waals surface area contributed by atoms with Gasteiger partial charge >= 0.3 is 5.97 Å². The first-order valence-corrected chi connectivity index (χ1v) is 10.7. The molecule has 0 aromatic carbocycles. The molecule has 4 rings (SSSR count). The van der Waals surface area contributed by atoms with Crippen LogP contribution >= 0.6 is 23.5 Å². The van der Waals surface area contributed by atoms with E-state index in [2.05, 4.69) is 9.88 Å². The van der Waals surface area contributed by atoms with Gasteiger partial charge in [0.15, 0.2) is 5.70 Å². The van der Waals surface area contributed by atoms with Crippen LogP contribution < -0.4 is 4.90 Å². The zero-order valence-corrected chi connectivity index (χ0v) is 16.4. The molecule has 0 spiro atoms. The number of thioether (sulfide) groups is 2. The molecule has 0 saturated carbocycles. The predicted molar refractivity (Wildman–Crippen MR) is 105 cm³/mol. The highest BCUT2D eigenvalue weighted by molar-refractivity contribution is 8.23. The van der Waals surface area contributed by atoms with Crippen LogP contribution in [0, 0.1) is 5.92 Å². The lowest BCUT2D eigenvalue weighted by Crippen LogP contribution is -2.61. The van der Waals surface area contributed by atoms with E-state index >= 15 is 0 Å². The summed E-state index contributed by atoms with van der Waals surface area (Å²) in [5.74, 6) is -1.86. The SMILES string of the molecule is CC[C@H](O)[C@@H]1C(=O)N2C(C(=O)O)=C(S[C@H]3CCN(c4ccncc4)C3)S[C@H]12. The first-order chi connectivity index (χ1) is 13.0. The molecule has 1 aromatic rings. The number of fused-ring (bicyclic) bond motifs is 1. The third-order valence-electron chi connectivity index (χ3n) is 5.23. The van der Waals surface area contributed by atoms with Crippen molar-refractivity contribution in [1.82, 2.24) is 9.88 Å². The fraction of sp³-hybridized carbons (Fsp3) is 0.500. The van der Waals surface area contributed by atoms with Crippen molar-refractivity contribution in [3.8, 4) is 0 Å². The minimum absolute atomic E-state index is 0.0851. The van der Waals surface area contributed by atoms with Gasteiger partial charge in [-0.3, -0.25) is 14.7 Å². The standard InChI is InChI=1S/C18H21N3O4S2/c1-2-12(22)13-15(23)21-14(17(24)25)18(27-16(13)21)26-11-5-8-20(9-11)10-3-6-19-7-4-10/h3-4,6-7,11-13,16,22H,2,5,8-9H2,1H3,(H,24,25)/t11-,12-,13+,16+/m0/s1. The predicted octanol–water partition coefficient (Wildman–Crippen LogP) is 1.95. The normalized spacial score (nSPS) is 28.4. The molecule has 144 valence electrons. The van der Waals surface area contributed by atoms with Gasteiger partial charge in [0, 0.05) is 36.4 Å². The molecule has 4 atom stereocenters. The molecule has 0 unspecified atom stereocenters. The van der Waals surface area contributed by atoms with Gasteiger partial charge in [0.05, 0.1) is 16.3 Å². The molecular weight excluding hydrogens is 386 g/mol. The number of β-lactam (4-membered cyclic amide) rings is 1. The highest BCUT2D eigenvalue weighted by atomic mass is 32.2. The molecule has 7 nitrogen and oxygen atoms in total. The topological polar surface area (TPSA) is 94.0 Å². The van der Waals surface area contributed by atoms with Gasteiger partial charge in [-0.25, -0.2) is 4.79 Å². The Balaban J connectivity index is 1.47. The number of carbonyl (C=O) groups excluding carboxylic acids is 1. The molecule has 2 saturated heterocycles. The van der Waals surface area contributed by atoms with Crippen LogP contribution in [-0.2, 0) is 9.59 Å². The van der Waals surface area contributed by atoms with Gasteiger partial charge in [-0.05, 0) is 25.0 Å². The molecule has 1 amide bonds. The summed E-state index contributed by atoms with van der Waals surface area (Å²) in [6, 6.07) is 3.95. The molecule has 27 heavy (non-hydrogen) atoms. The molecule has 3 aliphatic rings. The van der Waals surface area contributed by atoms with Gasteiger partial charge in [0.25, 0.3) is 0 Å². The number of aliphatic hydroxyl groups excluding tert-OH is 1. The second-order valence-electron chi connectivity index (χ2n) is 6.84. The highest BCUT2D eigenvalue weighted by Gasteiger charge is 2.58. The Morgan fingerprint density at radius 1 is 1.44 bits per heavy atom. The first-order valence-electron chi connectivity index (χ1n) is 8.98. The average molecular weight is 408 g/mol. The Kier molecular flexibility index (Phi) is 5.09. The summed E-state index contributed by atoms with van der Waals surface area (Å²) in [4.78, 5) is 31.9. The molecule has 0 bridgehead atoms. The van der Waals surface area contributed by atoms with Crippen LogP contribution in [0.15, 0.2) is 34.5 Å². The molecule has 9 heteroatoms. The zero-order chi connectivity index (χ0) is 19.1. The van der Waals surface area contributed by atoms with Crippen molar-refractivity contribution in [1.29, 1.82) is 0 Å². The maximum atomic E-state index is 12.4. The zero-order valence-electron chi connectivity index (χ0n) is 14.8. The molecule has 2 fully saturated rings. The summed E-state index contributed by atoms with van der Waals surface area (Å²) in [6.45, 7) is 3.56. The van der Waals surface area contributed by atoms with E-state index in [1.165, 1.54) is 16.7 Å². The fourth-order valence-corrected chi connectivity index (χ4v) is 7.04. The Morgan fingerprint density at radius 3 is 2.85 bits per heavy atom. The number of pyridine rings is 1. The van der Waals surface area contributed by atoms with E-state index in [-0.39, 0.29) is 22.2 Å². The van der Waals surface area contributed by atoms with Gasteiger partial charge in [-0.1, -0.05) is 18.7 Å². The van der Waals surface area contributed by atoms with Gasteiger partial charge in [-0.15, -0.1) is 11.8 Å². The van der Waals surface area contributed by atoms with Crippen molar-refractivity contribution in [2.24, 2.45) is 5.92 Å². The third-order valence-corrected chi connectivity index (χ3v) is 8.08. The summed E-state index contributed by atoms with van der Waals surface area (Å²) in [5, 5.41) is 19.7. The summed E-state index contributed by atoms with van der Waals surface area (Å²) < 4.78 is 0.688. The van der Waals surface area contributed by atoms with Crippen LogP contribution in [0.3, 0.4) is 0 Å². The van der Waals surface area contributed by atoms with E-state index in [4.69, 9.17) is 0 Å². The van der Waals surface area contributed by atoms with Crippen molar-refractivity contribution in [3.63, 3.8) is 0 Å². The molecule has 2 N–H and O–H groups in total. The lowest BCUT2D eigenvalue weighted by atomic mass is 9.90. The Morgan fingerprint density at radius 2 is 2.19 bits per heavy atom. The van der Waals surface area contributed by atoms with Crippen LogP contribution in [0.25, 0.3) is 0 Å². The minimum Gasteiger partial charge on any atom is -0.477 e. The van der Waals surface area contributed by atoms with Gasteiger partial charge in [0.2, 0.25) is 5.91 Å². The molecule has 0 aliphatic carbocycles. The smallest absolute Gasteiger partial charge is 0.354 e. The van der Waals surface area contributed by atoms with E-state index in [1.807, 2.05) is 19.1 Å². The Hall–Kier alpha value is -1.71. The minimum atomic E-state index is -1.07. The Labute approximate surface area is 165 Å². The van der Waals surface area contributed by atoms with Gasteiger partial charge in [-0.2, -0.15) is 0 Å². The Bertz CT molecular complexity index is 788. The number of anilines is 1. The number of carboxylic acid groups (broad SMARTS) is 1. The van der Waals surface area contributed by atoms with Gasteiger partial charge < -0.3 is 15.1 Å².